The van der Waals surface area contributed by atoms with Crippen LogP contribution in [0.1, 0.15) is 44.1 Å². The maximum absolute atomic E-state index is 15.0. The lowest BCUT2D eigenvalue weighted by Crippen LogP contribution is -2.73. The monoisotopic (exact) mass is 579 g/mol. The fourth-order valence-corrected chi connectivity index (χ4v) is 8.57. The number of ether oxygens (including phenoxy) is 1. The first-order chi connectivity index (χ1) is 20.3. The number of nitrogens with one attached hydrogen (secondary N) is 2. The highest BCUT2D eigenvalue weighted by atomic mass is 19.1. The van der Waals surface area contributed by atoms with Crippen molar-refractivity contribution in [3.8, 4) is 6.07 Å². The summed E-state index contributed by atoms with van der Waals surface area (Å²) in [6, 6.07) is 8.19. The molecule has 0 aromatic heterocycles. The Bertz CT molecular complexity index is 1210. The van der Waals surface area contributed by atoms with Crippen LogP contribution >= 0.6 is 0 Å². The molecule has 1 aliphatic carbocycles. The number of carbonyl (C=O) groups excluding carboxylic acids is 1. The fourth-order valence-electron chi connectivity index (χ4n) is 8.57. The van der Waals surface area contributed by atoms with E-state index in [1.807, 2.05) is 12.1 Å². The van der Waals surface area contributed by atoms with Gasteiger partial charge in [0, 0.05) is 62.5 Å². The first-order valence-corrected chi connectivity index (χ1v) is 15.7. The number of benzene rings is 1. The minimum atomic E-state index is -0.298. The van der Waals surface area contributed by atoms with E-state index in [2.05, 4.69) is 52.1 Å². The molecule has 1 amide bonds. The Balaban J connectivity index is 1.23. The summed E-state index contributed by atoms with van der Waals surface area (Å²) in [5.74, 6) is 0.122. The van der Waals surface area contributed by atoms with E-state index in [1.165, 1.54) is 12.5 Å². The number of anilines is 1. The summed E-state index contributed by atoms with van der Waals surface area (Å²) in [7, 11) is 4.26. The number of rotatable bonds is 6. The van der Waals surface area contributed by atoms with Crippen molar-refractivity contribution in [2.24, 2.45) is 11.3 Å². The number of amides is 1. The normalized spacial score (nSPS) is 35.5. The van der Waals surface area contributed by atoms with Gasteiger partial charge in [-0.1, -0.05) is 12.6 Å². The molecule has 0 radical (unpaired) electrons. The fraction of sp³-hybridized carbons (Fsp3) is 0.688. The van der Waals surface area contributed by atoms with Gasteiger partial charge < -0.3 is 19.4 Å². The number of hydrogen-bond donors (Lipinski definition) is 2. The molecule has 0 bridgehead atoms. The van der Waals surface area contributed by atoms with Crippen LogP contribution in [0.25, 0.3) is 0 Å². The number of likely N-dealkylation sites (tertiary alicyclic amines) is 1. The third kappa shape index (κ3) is 5.70. The van der Waals surface area contributed by atoms with Gasteiger partial charge in [0.1, 0.15) is 5.82 Å². The van der Waals surface area contributed by atoms with Crippen LogP contribution in [0.3, 0.4) is 0 Å². The predicted octanol–water partition coefficient (Wildman–Crippen LogP) is 2.50. The number of nitrogens with zero attached hydrogens (tertiary/aromatic N) is 5. The zero-order chi connectivity index (χ0) is 29.4. The summed E-state index contributed by atoms with van der Waals surface area (Å²) >= 11 is 0. The molecule has 6 rings (SSSR count). The Kier molecular flexibility index (Phi) is 8.58. The van der Waals surface area contributed by atoms with Gasteiger partial charge in [0.2, 0.25) is 5.91 Å². The van der Waals surface area contributed by atoms with Crippen molar-refractivity contribution in [3.05, 3.63) is 42.2 Å². The average Bonchev–Trinajstić information content (AvgIpc) is 3.40. The minimum Gasteiger partial charge on any atom is -0.374 e. The molecule has 4 fully saturated rings. The van der Waals surface area contributed by atoms with Crippen LogP contribution in [-0.4, -0.2) is 105 Å². The van der Waals surface area contributed by atoms with Crippen molar-refractivity contribution in [2.45, 2.75) is 75.6 Å². The molecule has 228 valence electrons. The average molecular weight is 580 g/mol. The maximum atomic E-state index is 15.0. The van der Waals surface area contributed by atoms with E-state index in [0.29, 0.717) is 38.1 Å². The topological polar surface area (TPSA) is 87.1 Å². The molecule has 5 aliphatic rings. The summed E-state index contributed by atoms with van der Waals surface area (Å²) in [6.45, 7) is 8.30. The van der Waals surface area contributed by atoms with E-state index >= 15 is 4.39 Å². The van der Waals surface area contributed by atoms with Gasteiger partial charge in [0.25, 0.3) is 0 Å². The summed E-state index contributed by atoms with van der Waals surface area (Å²) in [6.07, 6.45) is 7.51. The molecule has 3 saturated heterocycles. The van der Waals surface area contributed by atoms with Crippen molar-refractivity contribution in [3.63, 3.8) is 0 Å². The van der Waals surface area contributed by atoms with E-state index in [-0.39, 0.29) is 41.7 Å². The second kappa shape index (κ2) is 12.2. The molecular weight excluding hydrogens is 533 g/mol. The standard InChI is InChI=1S/C32H46FN7O2/c1-4-29(41)40-16-15-39(19-22(40)11-13-34)30-24-10-12-32(17-25-26(33)8-5-9-28(25)38(3)21-32)18-27(24)35-31(36-30)42-20-23-7-6-14-37(23)2/h4-5,8-9,22-24,27,30-31,35-36H,1,6-7,10-12,14-21H2,2-3H3/t22-,23-,24?,27?,30?,31?,32+/m1/s1. The Morgan fingerprint density at radius 3 is 2.86 bits per heavy atom. The van der Waals surface area contributed by atoms with Gasteiger partial charge in [-0.25, -0.2) is 4.39 Å². The van der Waals surface area contributed by atoms with Crippen molar-refractivity contribution in [1.82, 2.24) is 25.3 Å². The molecule has 1 aromatic rings. The van der Waals surface area contributed by atoms with Crippen LogP contribution in [0, 0.1) is 28.5 Å². The van der Waals surface area contributed by atoms with Gasteiger partial charge in [0.15, 0.2) is 6.35 Å². The number of piperazine rings is 1. The zero-order valence-corrected chi connectivity index (χ0v) is 25.1. The Hall–Kier alpha value is -2.55. The van der Waals surface area contributed by atoms with Crippen LogP contribution in [0.2, 0.25) is 0 Å². The van der Waals surface area contributed by atoms with Gasteiger partial charge in [-0.05, 0) is 75.7 Å². The van der Waals surface area contributed by atoms with E-state index in [4.69, 9.17) is 4.74 Å². The van der Waals surface area contributed by atoms with Crippen LogP contribution in [0.15, 0.2) is 30.9 Å². The molecular formula is C32H46FN7O2. The second-order valence-electron chi connectivity index (χ2n) is 13.3. The van der Waals surface area contributed by atoms with Crippen molar-refractivity contribution >= 4 is 11.6 Å². The number of carbonyl (C=O) groups is 1. The Morgan fingerprint density at radius 2 is 2.10 bits per heavy atom. The first kappa shape index (κ1) is 29.5. The van der Waals surface area contributed by atoms with Crippen LogP contribution in [0.4, 0.5) is 10.1 Å². The molecule has 10 heteroatoms. The first-order valence-electron chi connectivity index (χ1n) is 15.7. The smallest absolute Gasteiger partial charge is 0.246 e. The van der Waals surface area contributed by atoms with E-state index in [0.717, 1.165) is 63.0 Å². The van der Waals surface area contributed by atoms with E-state index in [9.17, 15) is 10.1 Å². The van der Waals surface area contributed by atoms with Gasteiger partial charge >= 0.3 is 0 Å². The van der Waals surface area contributed by atoms with Crippen LogP contribution in [0.5, 0.6) is 0 Å². The molecule has 2 N–H and O–H groups in total. The van der Waals surface area contributed by atoms with Crippen molar-refractivity contribution in [2.75, 3.05) is 58.3 Å². The third-order valence-corrected chi connectivity index (χ3v) is 10.7. The largest absolute Gasteiger partial charge is 0.374 e. The summed E-state index contributed by atoms with van der Waals surface area (Å²) < 4.78 is 21.6. The molecule has 1 spiro atoms. The lowest BCUT2D eigenvalue weighted by molar-refractivity contribution is -0.137. The molecule has 4 unspecified atom stereocenters. The molecule has 4 aliphatic heterocycles. The number of fused-ring (bicyclic) bond motifs is 2. The number of likely N-dealkylation sites (N-methyl/N-ethyl adjacent to an activating group) is 1. The third-order valence-electron chi connectivity index (χ3n) is 10.7. The van der Waals surface area contributed by atoms with E-state index in [1.54, 1.807) is 11.0 Å². The maximum Gasteiger partial charge on any atom is 0.246 e. The quantitative estimate of drug-likeness (QED) is 0.498. The molecule has 1 saturated carbocycles. The molecule has 4 heterocycles. The lowest BCUT2D eigenvalue weighted by atomic mass is 9.62. The number of halogens is 1. The molecule has 7 atom stereocenters. The highest BCUT2D eigenvalue weighted by molar-refractivity contribution is 5.87. The van der Waals surface area contributed by atoms with Gasteiger partial charge in [-0.2, -0.15) is 5.26 Å². The van der Waals surface area contributed by atoms with Crippen molar-refractivity contribution in [1.29, 1.82) is 5.26 Å². The SMILES string of the molecule is C=CC(=O)N1CCN(C2NC(OC[C@H]3CCCN3C)NC3C[C@]4(CCC32)Cc2c(F)cccc2N(C)C4)C[C@H]1CC#N. The molecule has 1 aromatic carbocycles. The molecule has 9 nitrogen and oxygen atoms in total. The van der Waals surface area contributed by atoms with Crippen LogP contribution in [-0.2, 0) is 16.0 Å². The molecule has 42 heavy (non-hydrogen) atoms. The van der Waals surface area contributed by atoms with Crippen LogP contribution < -0.4 is 15.5 Å². The van der Waals surface area contributed by atoms with Gasteiger partial charge in [0.05, 0.1) is 31.3 Å². The minimum absolute atomic E-state index is 0.00532. The Labute approximate surface area is 249 Å². The highest BCUT2D eigenvalue weighted by Gasteiger charge is 2.51. The van der Waals surface area contributed by atoms with Gasteiger partial charge in [-0.15, -0.1) is 0 Å². The summed E-state index contributed by atoms with van der Waals surface area (Å²) in [5, 5.41) is 17.2. The zero-order valence-electron chi connectivity index (χ0n) is 25.1. The van der Waals surface area contributed by atoms with Gasteiger partial charge in [-0.3, -0.25) is 20.3 Å². The number of nitriles is 1. The Morgan fingerprint density at radius 1 is 1.24 bits per heavy atom. The van der Waals surface area contributed by atoms with E-state index < -0.39 is 0 Å². The lowest BCUT2D eigenvalue weighted by Gasteiger charge is -2.57. The number of hydrogen-bond acceptors (Lipinski definition) is 8. The van der Waals surface area contributed by atoms with Crippen molar-refractivity contribution < 1.29 is 13.9 Å². The summed E-state index contributed by atoms with van der Waals surface area (Å²) in [5.41, 5.74) is 1.85. The second-order valence-corrected chi connectivity index (χ2v) is 13.3. The highest BCUT2D eigenvalue weighted by Crippen LogP contribution is 2.49. The predicted molar refractivity (Wildman–Crippen MR) is 160 cm³/mol. The summed E-state index contributed by atoms with van der Waals surface area (Å²) in [4.78, 5) is 21.4.